The third kappa shape index (κ3) is 3.36. The van der Waals surface area contributed by atoms with Gasteiger partial charge in [0, 0.05) is 0 Å². The van der Waals surface area contributed by atoms with Gasteiger partial charge in [-0.05, 0) is 58.6 Å². The molecular weight excluding hydrogens is 352 g/mol. The first-order valence-electron chi connectivity index (χ1n) is 9.79. The number of aliphatic hydroxyl groups is 1. The van der Waals surface area contributed by atoms with Gasteiger partial charge in [0.1, 0.15) is 11.2 Å². The highest BCUT2D eigenvalue weighted by atomic mass is 16.5. The molecule has 1 saturated heterocycles. The van der Waals surface area contributed by atoms with Crippen molar-refractivity contribution >= 4 is 5.97 Å². The molecule has 0 spiro atoms. The van der Waals surface area contributed by atoms with E-state index < -0.39 is 28.7 Å². The summed E-state index contributed by atoms with van der Waals surface area (Å²) in [6, 6.07) is 15.6. The van der Waals surface area contributed by atoms with Crippen LogP contribution in [0.1, 0.15) is 55.9 Å². The SMILES string of the molecule is Cc1ccc(C(O)(c2ccc(C)cc2)[C@]2(C)CC[C@H](C(=O)O)C(C)(C)O2)cc1. The summed E-state index contributed by atoms with van der Waals surface area (Å²) in [5.74, 6) is -1.47. The molecule has 1 aliphatic rings. The Hall–Kier alpha value is -2.17. The van der Waals surface area contributed by atoms with Crippen molar-refractivity contribution in [2.45, 2.75) is 64.3 Å². The summed E-state index contributed by atoms with van der Waals surface area (Å²) in [5.41, 5.74) is 0.416. The molecule has 2 aromatic rings. The summed E-state index contributed by atoms with van der Waals surface area (Å²) < 4.78 is 6.44. The van der Waals surface area contributed by atoms with E-state index in [0.717, 1.165) is 22.3 Å². The molecule has 0 aromatic heterocycles. The predicted octanol–water partition coefficient (Wildman–Crippen LogP) is 4.59. The normalized spacial score (nSPS) is 24.7. The molecule has 28 heavy (non-hydrogen) atoms. The minimum absolute atomic E-state index is 0.436. The second-order valence-electron chi connectivity index (χ2n) is 8.81. The molecule has 1 heterocycles. The Morgan fingerprint density at radius 3 is 1.75 bits per heavy atom. The van der Waals surface area contributed by atoms with Gasteiger partial charge in [0.25, 0.3) is 0 Å². The molecule has 0 amide bonds. The first kappa shape index (κ1) is 20.6. The van der Waals surface area contributed by atoms with E-state index >= 15 is 0 Å². The van der Waals surface area contributed by atoms with E-state index in [-0.39, 0.29) is 0 Å². The summed E-state index contributed by atoms with van der Waals surface area (Å²) in [6.45, 7) is 9.51. The van der Waals surface area contributed by atoms with E-state index in [1.807, 2.05) is 69.3 Å². The Bertz CT molecular complexity index is 806. The molecule has 0 radical (unpaired) electrons. The van der Waals surface area contributed by atoms with E-state index in [1.54, 1.807) is 13.8 Å². The molecule has 4 heteroatoms. The maximum Gasteiger partial charge on any atom is 0.309 e. The van der Waals surface area contributed by atoms with Crippen LogP contribution in [-0.2, 0) is 15.1 Å². The average molecular weight is 383 g/mol. The van der Waals surface area contributed by atoms with Crippen LogP contribution in [-0.4, -0.2) is 27.4 Å². The van der Waals surface area contributed by atoms with Gasteiger partial charge in [0.2, 0.25) is 0 Å². The molecule has 2 atom stereocenters. The van der Waals surface area contributed by atoms with Crippen molar-refractivity contribution in [2.75, 3.05) is 0 Å². The molecule has 1 aliphatic heterocycles. The first-order chi connectivity index (χ1) is 13.0. The first-order valence-corrected chi connectivity index (χ1v) is 9.79. The summed E-state index contributed by atoms with van der Waals surface area (Å²) in [6.07, 6.45) is 0.879. The Morgan fingerprint density at radius 2 is 1.39 bits per heavy atom. The molecule has 0 aliphatic carbocycles. The quantitative estimate of drug-likeness (QED) is 0.812. The van der Waals surface area contributed by atoms with Gasteiger partial charge >= 0.3 is 5.97 Å². The fraction of sp³-hybridized carbons (Fsp3) is 0.458. The predicted molar refractivity (Wildman–Crippen MR) is 109 cm³/mol. The third-order valence-electron chi connectivity index (χ3n) is 6.24. The monoisotopic (exact) mass is 382 g/mol. The van der Waals surface area contributed by atoms with E-state index in [9.17, 15) is 15.0 Å². The zero-order chi connectivity index (χ0) is 20.7. The lowest BCUT2D eigenvalue weighted by atomic mass is 9.67. The average Bonchev–Trinajstić information content (AvgIpc) is 2.61. The third-order valence-corrected chi connectivity index (χ3v) is 6.24. The van der Waals surface area contributed by atoms with Crippen LogP contribution in [0.25, 0.3) is 0 Å². The number of aryl methyl sites for hydroxylation is 2. The smallest absolute Gasteiger partial charge is 0.309 e. The Kier molecular flexibility index (Phi) is 5.15. The van der Waals surface area contributed by atoms with Crippen molar-refractivity contribution in [1.29, 1.82) is 0 Å². The number of carbonyl (C=O) groups is 1. The van der Waals surface area contributed by atoms with Gasteiger partial charge < -0.3 is 14.9 Å². The fourth-order valence-corrected chi connectivity index (χ4v) is 4.51. The molecule has 0 bridgehead atoms. The van der Waals surface area contributed by atoms with Gasteiger partial charge in [0.15, 0.2) is 0 Å². The fourth-order valence-electron chi connectivity index (χ4n) is 4.51. The number of aliphatic carboxylic acids is 1. The van der Waals surface area contributed by atoms with Crippen LogP contribution < -0.4 is 0 Å². The zero-order valence-corrected chi connectivity index (χ0v) is 17.3. The molecule has 0 unspecified atom stereocenters. The summed E-state index contributed by atoms with van der Waals surface area (Å²) >= 11 is 0. The lowest BCUT2D eigenvalue weighted by Crippen LogP contribution is -2.61. The molecule has 2 aromatic carbocycles. The molecule has 150 valence electrons. The van der Waals surface area contributed by atoms with Crippen molar-refractivity contribution in [3.05, 3.63) is 70.8 Å². The second kappa shape index (κ2) is 7.02. The maximum absolute atomic E-state index is 12.2. The lowest BCUT2D eigenvalue weighted by molar-refractivity contribution is -0.257. The maximum atomic E-state index is 12.2. The number of ether oxygens (including phenoxy) is 1. The highest BCUT2D eigenvalue weighted by Gasteiger charge is 2.57. The number of carboxylic acids is 1. The Balaban J connectivity index is 2.15. The van der Waals surface area contributed by atoms with Gasteiger partial charge in [-0.2, -0.15) is 0 Å². The van der Waals surface area contributed by atoms with E-state index in [4.69, 9.17) is 4.74 Å². The lowest BCUT2D eigenvalue weighted by Gasteiger charge is -2.54. The number of benzene rings is 2. The van der Waals surface area contributed by atoms with Crippen LogP contribution in [0.4, 0.5) is 0 Å². The van der Waals surface area contributed by atoms with Gasteiger partial charge in [-0.25, -0.2) is 0 Å². The van der Waals surface area contributed by atoms with Crippen LogP contribution >= 0.6 is 0 Å². The molecule has 1 fully saturated rings. The van der Waals surface area contributed by atoms with Crippen LogP contribution in [0.5, 0.6) is 0 Å². The van der Waals surface area contributed by atoms with Gasteiger partial charge in [0.05, 0.1) is 11.5 Å². The minimum Gasteiger partial charge on any atom is -0.481 e. The van der Waals surface area contributed by atoms with Gasteiger partial charge in [-0.1, -0.05) is 59.7 Å². The van der Waals surface area contributed by atoms with Crippen molar-refractivity contribution in [3.8, 4) is 0 Å². The highest BCUT2D eigenvalue weighted by Crippen LogP contribution is 2.51. The number of hydrogen-bond donors (Lipinski definition) is 2. The van der Waals surface area contributed by atoms with Crippen LogP contribution in [0, 0.1) is 19.8 Å². The highest BCUT2D eigenvalue weighted by molar-refractivity contribution is 5.71. The van der Waals surface area contributed by atoms with Gasteiger partial charge in [-0.15, -0.1) is 0 Å². The van der Waals surface area contributed by atoms with Crippen molar-refractivity contribution in [3.63, 3.8) is 0 Å². The van der Waals surface area contributed by atoms with Crippen molar-refractivity contribution in [1.82, 2.24) is 0 Å². The van der Waals surface area contributed by atoms with Crippen molar-refractivity contribution < 1.29 is 19.7 Å². The van der Waals surface area contributed by atoms with E-state index in [2.05, 4.69) is 0 Å². The largest absolute Gasteiger partial charge is 0.481 e. The molecule has 3 rings (SSSR count). The van der Waals surface area contributed by atoms with Crippen LogP contribution in [0.2, 0.25) is 0 Å². The van der Waals surface area contributed by atoms with Crippen LogP contribution in [0.15, 0.2) is 48.5 Å². The summed E-state index contributed by atoms with van der Waals surface area (Å²) in [7, 11) is 0. The van der Waals surface area contributed by atoms with Crippen molar-refractivity contribution in [2.24, 2.45) is 5.92 Å². The minimum atomic E-state index is -1.41. The summed E-state index contributed by atoms with van der Waals surface area (Å²) in [4.78, 5) is 11.7. The second-order valence-corrected chi connectivity index (χ2v) is 8.81. The topological polar surface area (TPSA) is 66.8 Å². The van der Waals surface area contributed by atoms with E-state index in [1.165, 1.54) is 0 Å². The molecule has 0 saturated carbocycles. The summed E-state index contributed by atoms with van der Waals surface area (Å²) in [5, 5.41) is 21.8. The number of carboxylic acid groups (broad SMARTS) is 1. The van der Waals surface area contributed by atoms with E-state index in [0.29, 0.717) is 12.8 Å². The Labute approximate surface area is 167 Å². The molecule has 4 nitrogen and oxygen atoms in total. The molecule has 2 N–H and O–H groups in total. The Morgan fingerprint density at radius 1 is 0.964 bits per heavy atom. The van der Waals surface area contributed by atoms with Gasteiger partial charge in [-0.3, -0.25) is 4.79 Å². The number of hydrogen-bond acceptors (Lipinski definition) is 3. The standard InChI is InChI=1S/C24H30O4/c1-16-6-10-18(11-7-16)24(27,19-12-8-17(2)9-13-19)23(5)15-14-20(21(25)26)22(3,4)28-23/h6-13,20,27H,14-15H2,1-5H3,(H,25,26)/t20-,23+/m1/s1. The number of rotatable bonds is 4. The van der Waals surface area contributed by atoms with Crippen LogP contribution in [0.3, 0.4) is 0 Å². The zero-order valence-electron chi connectivity index (χ0n) is 17.3. The molecular formula is C24H30O4.